The molecule has 1 fully saturated rings. The normalized spacial score (nSPS) is 18.2. The van der Waals surface area contributed by atoms with E-state index in [9.17, 15) is 10.1 Å². The number of aromatic nitrogens is 1. The molecule has 3 rings (SSSR count). The van der Waals surface area contributed by atoms with Crippen molar-refractivity contribution in [1.82, 2.24) is 4.98 Å². The van der Waals surface area contributed by atoms with Gasteiger partial charge in [0.2, 0.25) is 5.82 Å². The molecular formula is C15H14BrN3O3. The van der Waals surface area contributed by atoms with Crippen molar-refractivity contribution in [3.63, 3.8) is 0 Å². The summed E-state index contributed by atoms with van der Waals surface area (Å²) in [6, 6.07) is 11.0. The summed E-state index contributed by atoms with van der Waals surface area (Å²) in [6.45, 7) is 1.64. The minimum Gasteiger partial charge on any atom is -0.370 e. The first kappa shape index (κ1) is 14.9. The number of nitrogens with zero attached hydrogens (tertiary/aromatic N) is 3. The average Bonchev–Trinajstić information content (AvgIpc) is 2.55. The Hall–Kier alpha value is -1.99. The molecule has 0 N–H and O–H groups in total. The maximum absolute atomic E-state index is 11.2. The first-order chi connectivity index (χ1) is 10.6. The summed E-state index contributed by atoms with van der Waals surface area (Å²) in [6.07, 6.45) is 1.45. The molecule has 1 aliphatic rings. The lowest BCUT2D eigenvalue weighted by Gasteiger charge is -2.33. The molecule has 0 radical (unpaired) electrons. The Bertz CT molecular complexity index is 678. The monoisotopic (exact) mass is 363 g/mol. The van der Waals surface area contributed by atoms with Crippen LogP contribution in [0.25, 0.3) is 0 Å². The molecule has 6 nitrogen and oxygen atoms in total. The highest BCUT2D eigenvalue weighted by atomic mass is 79.9. The predicted molar refractivity (Wildman–Crippen MR) is 85.9 cm³/mol. The number of hydrogen-bond donors (Lipinski definition) is 0. The molecule has 0 unspecified atom stereocenters. The molecule has 1 saturated heterocycles. The fraction of sp³-hybridized carbons (Fsp3) is 0.267. The van der Waals surface area contributed by atoms with E-state index in [1.165, 1.54) is 6.07 Å². The van der Waals surface area contributed by atoms with Crippen LogP contribution in [0.4, 0.5) is 11.5 Å². The lowest BCUT2D eigenvalue weighted by molar-refractivity contribution is -0.384. The number of hydrogen-bond acceptors (Lipinski definition) is 5. The van der Waals surface area contributed by atoms with E-state index in [0.29, 0.717) is 25.5 Å². The molecule has 22 heavy (non-hydrogen) atoms. The minimum absolute atomic E-state index is 0.0268. The zero-order chi connectivity index (χ0) is 15.5. The minimum atomic E-state index is -0.396. The Morgan fingerprint density at radius 1 is 1.32 bits per heavy atom. The highest BCUT2D eigenvalue weighted by molar-refractivity contribution is 9.10. The second-order valence-corrected chi connectivity index (χ2v) is 5.88. The summed E-state index contributed by atoms with van der Waals surface area (Å²) in [7, 11) is 0. The molecule has 0 bridgehead atoms. The number of halogens is 1. The fourth-order valence-corrected chi connectivity index (χ4v) is 2.76. The second-order valence-electron chi connectivity index (χ2n) is 4.96. The van der Waals surface area contributed by atoms with Crippen LogP contribution in [0.3, 0.4) is 0 Å². The smallest absolute Gasteiger partial charge is 0.311 e. The molecular weight excluding hydrogens is 350 g/mol. The number of benzene rings is 1. The summed E-state index contributed by atoms with van der Waals surface area (Å²) in [5.41, 5.74) is 1.07. The number of nitro groups is 1. The molecule has 114 valence electrons. The third-order valence-electron chi connectivity index (χ3n) is 3.57. The van der Waals surface area contributed by atoms with Crippen LogP contribution in [0.1, 0.15) is 11.7 Å². The van der Waals surface area contributed by atoms with E-state index in [4.69, 9.17) is 4.74 Å². The average molecular weight is 364 g/mol. The quantitative estimate of drug-likeness (QED) is 0.617. The molecule has 2 aromatic rings. The van der Waals surface area contributed by atoms with Gasteiger partial charge in [-0.1, -0.05) is 28.1 Å². The standard InChI is InChI=1S/C15H14BrN3O3/c16-12-5-3-11(4-6-12)14-10-18(8-9-22-14)15-13(19(20)21)2-1-7-17-15/h1-7,14H,8-10H2/t14-/m0/s1. The van der Waals surface area contributed by atoms with Crippen molar-refractivity contribution < 1.29 is 9.66 Å². The molecule has 0 aliphatic carbocycles. The van der Waals surface area contributed by atoms with Gasteiger partial charge in [0.15, 0.2) is 0 Å². The lowest BCUT2D eigenvalue weighted by Crippen LogP contribution is -2.39. The van der Waals surface area contributed by atoms with Crippen LogP contribution in [0.2, 0.25) is 0 Å². The second kappa shape index (κ2) is 6.41. The van der Waals surface area contributed by atoms with Crippen LogP contribution < -0.4 is 4.90 Å². The Morgan fingerprint density at radius 3 is 2.82 bits per heavy atom. The van der Waals surface area contributed by atoms with Crippen molar-refractivity contribution in [1.29, 1.82) is 0 Å². The maximum atomic E-state index is 11.2. The van der Waals surface area contributed by atoms with Gasteiger partial charge in [0.25, 0.3) is 0 Å². The molecule has 7 heteroatoms. The Labute approximate surface area is 136 Å². The fourth-order valence-electron chi connectivity index (χ4n) is 2.50. The number of pyridine rings is 1. The van der Waals surface area contributed by atoms with Gasteiger partial charge in [-0.3, -0.25) is 10.1 Å². The maximum Gasteiger partial charge on any atom is 0.311 e. The van der Waals surface area contributed by atoms with Crippen molar-refractivity contribution in [3.8, 4) is 0 Å². The van der Waals surface area contributed by atoms with E-state index < -0.39 is 4.92 Å². The van der Waals surface area contributed by atoms with Gasteiger partial charge in [0.1, 0.15) is 6.10 Å². The van der Waals surface area contributed by atoms with Crippen molar-refractivity contribution in [2.24, 2.45) is 0 Å². The van der Waals surface area contributed by atoms with Crippen molar-refractivity contribution in [2.75, 3.05) is 24.6 Å². The third kappa shape index (κ3) is 3.10. The Kier molecular flexibility index (Phi) is 4.35. The summed E-state index contributed by atoms with van der Waals surface area (Å²) >= 11 is 3.41. The number of rotatable bonds is 3. The third-order valence-corrected chi connectivity index (χ3v) is 4.10. The van der Waals surface area contributed by atoms with E-state index in [2.05, 4.69) is 20.9 Å². The van der Waals surface area contributed by atoms with E-state index in [-0.39, 0.29) is 11.8 Å². The molecule has 1 atom stereocenters. The van der Waals surface area contributed by atoms with Gasteiger partial charge in [0.05, 0.1) is 18.1 Å². The molecule has 0 amide bonds. The van der Waals surface area contributed by atoms with Gasteiger partial charge < -0.3 is 9.64 Å². The van der Waals surface area contributed by atoms with E-state index >= 15 is 0 Å². The van der Waals surface area contributed by atoms with Gasteiger partial charge in [-0.25, -0.2) is 4.98 Å². The first-order valence-corrected chi connectivity index (χ1v) is 7.66. The van der Waals surface area contributed by atoms with Crippen LogP contribution in [-0.4, -0.2) is 29.6 Å². The van der Waals surface area contributed by atoms with E-state index in [1.54, 1.807) is 12.3 Å². The highest BCUT2D eigenvalue weighted by Gasteiger charge is 2.27. The van der Waals surface area contributed by atoms with Crippen LogP contribution in [0.15, 0.2) is 47.1 Å². The van der Waals surface area contributed by atoms with E-state index in [1.807, 2.05) is 29.2 Å². The van der Waals surface area contributed by atoms with Crippen molar-refractivity contribution in [2.45, 2.75) is 6.10 Å². The van der Waals surface area contributed by atoms with Gasteiger partial charge >= 0.3 is 5.69 Å². The Balaban J connectivity index is 1.84. The summed E-state index contributed by atoms with van der Waals surface area (Å²) in [4.78, 5) is 16.9. The zero-order valence-corrected chi connectivity index (χ0v) is 13.3. The number of anilines is 1. The predicted octanol–water partition coefficient (Wildman–Crippen LogP) is 3.33. The largest absolute Gasteiger partial charge is 0.370 e. The van der Waals surface area contributed by atoms with Crippen molar-refractivity contribution in [3.05, 3.63) is 62.7 Å². The SMILES string of the molecule is O=[N+]([O-])c1cccnc1N1CCO[C@H](c2ccc(Br)cc2)C1. The lowest BCUT2D eigenvalue weighted by atomic mass is 10.1. The highest BCUT2D eigenvalue weighted by Crippen LogP contribution is 2.30. The molecule has 2 heterocycles. The first-order valence-electron chi connectivity index (χ1n) is 6.86. The van der Waals surface area contributed by atoms with Crippen LogP contribution in [0.5, 0.6) is 0 Å². The summed E-state index contributed by atoms with van der Waals surface area (Å²) < 4.78 is 6.81. The Morgan fingerprint density at radius 2 is 2.09 bits per heavy atom. The molecule has 1 aromatic carbocycles. The van der Waals surface area contributed by atoms with Gasteiger partial charge in [-0.2, -0.15) is 0 Å². The summed E-state index contributed by atoms with van der Waals surface area (Å²) in [5, 5.41) is 11.2. The molecule has 1 aliphatic heterocycles. The van der Waals surface area contributed by atoms with E-state index in [0.717, 1.165) is 10.0 Å². The number of ether oxygens (including phenoxy) is 1. The van der Waals surface area contributed by atoms with Crippen LogP contribution in [0, 0.1) is 10.1 Å². The molecule has 1 aromatic heterocycles. The number of morpholine rings is 1. The van der Waals surface area contributed by atoms with Crippen LogP contribution in [-0.2, 0) is 4.74 Å². The van der Waals surface area contributed by atoms with Gasteiger partial charge in [-0.15, -0.1) is 0 Å². The van der Waals surface area contributed by atoms with Crippen molar-refractivity contribution >= 4 is 27.4 Å². The van der Waals surface area contributed by atoms with Gasteiger partial charge in [0, 0.05) is 23.3 Å². The molecule has 0 spiro atoms. The summed E-state index contributed by atoms with van der Waals surface area (Å²) in [5.74, 6) is 0.401. The topological polar surface area (TPSA) is 68.5 Å². The van der Waals surface area contributed by atoms with Gasteiger partial charge in [-0.05, 0) is 23.8 Å². The van der Waals surface area contributed by atoms with Crippen LogP contribution >= 0.6 is 15.9 Å². The molecule has 0 saturated carbocycles. The zero-order valence-electron chi connectivity index (χ0n) is 11.7.